The molecule has 3 heteroatoms. The van der Waals surface area contributed by atoms with Gasteiger partial charge >= 0.3 is 0 Å². The Morgan fingerprint density at radius 1 is 1.47 bits per heavy atom. The predicted octanol–water partition coefficient (Wildman–Crippen LogP) is 3.68. The summed E-state index contributed by atoms with van der Waals surface area (Å²) in [6, 6.07) is 0. The van der Waals surface area contributed by atoms with Crippen molar-refractivity contribution in [3.05, 3.63) is 12.7 Å². The van der Waals surface area contributed by atoms with Crippen LogP contribution in [0.15, 0.2) is 12.7 Å². The van der Waals surface area contributed by atoms with Gasteiger partial charge in [0.15, 0.2) is 0 Å². The Balaban J connectivity index is 2.46. The quantitative estimate of drug-likeness (QED) is 0.570. The van der Waals surface area contributed by atoms with E-state index in [9.17, 15) is 5.11 Å². The molecule has 15 heavy (non-hydrogen) atoms. The average Bonchev–Trinajstić information content (AvgIpc) is 2.18. The maximum Gasteiger partial charge on any atom is 0.0635 e. The minimum atomic E-state index is -0.174. The fraction of sp³-hybridized carbons (Fsp3) is 0.833. The summed E-state index contributed by atoms with van der Waals surface area (Å²) in [7, 11) is 0. The second kappa shape index (κ2) is 6.87. The van der Waals surface area contributed by atoms with Crippen molar-refractivity contribution in [1.29, 1.82) is 0 Å². The van der Waals surface area contributed by atoms with E-state index < -0.39 is 0 Å². The summed E-state index contributed by atoms with van der Waals surface area (Å²) in [5.41, 5.74) is 0. The summed E-state index contributed by atoms with van der Waals surface area (Å²) in [4.78, 5) is 0. The van der Waals surface area contributed by atoms with Crippen LogP contribution in [0.5, 0.6) is 0 Å². The lowest BCUT2D eigenvalue weighted by molar-refractivity contribution is 0.178. The molecular weight excluding hydrogens is 224 g/mol. The largest absolute Gasteiger partial charge is 0.393 e. The summed E-state index contributed by atoms with van der Waals surface area (Å²) in [6.45, 7) is 5.67. The Hall–Kier alpha value is 0.400. The number of aliphatic hydroxyl groups is 1. The summed E-state index contributed by atoms with van der Waals surface area (Å²) in [5.74, 6) is 2.52. The van der Waals surface area contributed by atoms with Crippen molar-refractivity contribution in [2.24, 2.45) is 0 Å². The van der Waals surface area contributed by atoms with Gasteiger partial charge in [0, 0.05) is 0 Å². The molecule has 0 saturated carbocycles. The lowest BCUT2D eigenvalue weighted by Crippen LogP contribution is -2.29. The molecule has 1 heterocycles. The zero-order chi connectivity index (χ0) is 11.1. The van der Waals surface area contributed by atoms with Gasteiger partial charge in [-0.15, -0.1) is 30.1 Å². The second-order valence-electron chi connectivity index (χ2n) is 4.20. The molecule has 1 N–H and O–H groups in total. The molecule has 0 amide bonds. The molecule has 1 rings (SSSR count). The van der Waals surface area contributed by atoms with E-state index in [2.05, 4.69) is 30.1 Å². The Morgan fingerprint density at radius 3 is 2.67 bits per heavy atom. The number of allylic oxidation sites excluding steroid dienone is 1. The van der Waals surface area contributed by atoms with Crippen molar-refractivity contribution in [2.75, 3.05) is 11.5 Å². The number of aliphatic hydroxyl groups excluding tert-OH is 1. The number of hydrogen-bond acceptors (Lipinski definition) is 3. The highest BCUT2D eigenvalue weighted by molar-refractivity contribution is 8.18. The highest BCUT2D eigenvalue weighted by atomic mass is 32.2. The lowest BCUT2D eigenvalue weighted by atomic mass is 10.1. The number of unbranched alkanes of at least 4 members (excludes halogenated alkanes) is 1. The highest BCUT2D eigenvalue weighted by Crippen LogP contribution is 2.48. The van der Waals surface area contributed by atoms with E-state index in [1.54, 1.807) is 0 Å². The maximum atomic E-state index is 9.58. The fourth-order valence-corrected chi connectivity index (χ4v) is 5.58. The van der Waals surface area contributed by atoms with Crippen LogP contribution < -0.4 is 0 Å². The van der Waals surface area contributed by atoms with E-state index in [0.717, 1.165) is 12.8 Å². The monoisotopic (exact) mass is 246 g/mol. The van der Waals surface area contributed by atoms with E-state index in [4.69, 9.17) is 0 Å². The number of thioether (sulfide) groups is 2. The Kier molecular flexibility index (Phi) is 6.17. The molecule has 0 unspecified atom stereocenters. The first-order valence-electron chi connectivity index (χ1n) is 5.75. The molecule has 1 aliphatic heterocycles. The number of hydrogen-bond donors (Lipinski definition) is 1. The molecule has 0 aromatic carbocycles. The van der Waals surface area contributed by atoms with Crippen LogP contribution in [0.4, 0.5) is 0 Å². The molecular formula is C12H22OS2. The minimum absolute atomic E-state index is 0.174. The van der Waals surface area contributed by atoms with Gasteiger partial charge in [0.05, 0.1) is 10.2 Å². The van der Waals surface area contributed by atoms with Crippen molar-refractivity contribution in [3.63, 3.8) is 0 Å². The van der Waals surface area contributed by atoms with Crippen LogP contribution in [-0.2, 0) is 0 Å². The van der Waals surface area contributed by atoms with Crippen LogP contribution in [-0.4, -0.2) is 26.8 Å². The van der Waals surface area contributed by atoms with Gasteiger partial charge in [-0.3, -0.25) is 0 Å². The van der Waals surface area contributed by atoms with E-state index in [1.165, 1.54) is 30.8 Å². The molecule has 0 spiro atoms. The zero-order valence-corrected chi connectivity index (χ0v) is 11.2. The fourth-order valence-electron chi connectivity index (χ4n) is 1.95. The van der Waals surface area contributed by atoms with Crippen LogP contribution in [0.25, 0.3) is 0 Å². The second-order valence-corrected chi connectivity index (χ2v) is 7.41. The van der Waals surface area contributed by atoms with Gasteiger partial charge in [-0.25, -0.2) is 0 Å². The van der Waals surface area contributed by atoms with E-state index in [0.29, 0.717) is 0 Å². The predicted molar refractivity (Wildman–Crippen MR) is 72.6 cm³/mol. The molecule has 1 nitrogen and oxygen atoms in total. The smallest absolute Gasteiger partial charge is 0.0635 e. The molecule has 1 fully saturated rings. The lowest BCUT2D eigenvalue weighted by Gasteiger charge is -2.37. The van der Waals surface area contributed by atoms with Gasteiger partial charge in [-0.1, -0.05) is 6.08 Å². The van der Waals surface area contributed by atoms with E-state index in [1.807, 2.05) is 13.0 Å². The molecule has 0 bridgehead atoms. The Bertz CT molecular complexity index is 186. The van der Waals surface area contributed by atoms with Crippen LogP contribution in [0.2, 0.25) is 0 Å². The summed E-state index contributed by atoms with van der Waals surface area (Å²) < 4.78 is 0.287. The van der Waals surface area contributed by atoms with E-state index in [-0.39, 0.29) is 10.2 Å². The van der Waals surface area contributed by atoms with Crippen LogP contribution >= 0.6 is 23.5 Å². The first kappa shape index (κ1) is 13.5. The maximum absolute atomic E-state index is 9.58. The molecule has 88 valence electrons. The van der Waals surface area contributed by atoms with Gasteiger partial charge in [0.25, 0.3) is 0 Å². The third-order valence-corrected chi connectivity index (χ3v) is 6.08. The van der Waals surface area contributed by atoms with Gasteiger partial charge in [0.2, 0.25) is 0 Å². The molecule has 0 aliphatic carbocycles. The molecule has 0 aromatic heterocycles. The molecule has 0 aromatic rings. The summed E-state index contributed by atoms with van der Waals surface area (Å²) in [6.07, 6.45) is 7.58. The zero-order valence-electron chi connectivity index (χ0n) is 9.58. The Morgan fingerprint density at radius 2 is 2.13 bits per heavy atom. The molecule has 1 saturated heterocycles. The van der Waals surface area contributed by atoms with Crippen LogP contribution in [0.1, 0.15) is 39.0 Å². The molecule has 1 atom stereocenters. The SMILES string of the molecule is C=CCCCC1(C[C@H](C)O)SCCCS1. The van der Waals surface area contributed by atoms with Crippen molar-refractivity contribution < 1.29 is 5.11 Å². The van der Waals surface area contributed by atoms with Crippen LogP contribution in [0.3, 0.4) is 0 Å². The molecule has 1 aliphatic rings. The van der Waals surface area contributed by atoms with E-state index >= 15 is 0 Å². The standard InChI is InChI=1S/C12H22OS2/c1-3-4-5-7-12(10-11(2)13)14-8-6-9-15-12/h3,11,13H,1,4-10H2,2H3/t11-/m0/s1. The van der Waals surface area contributed by atoms with Gasteiger partial charge in [-0.05, 0) is 50.5 Å². The van der Waals surface area contributed by atoms with Crippen molar-refractivity contribution in [3.8, 4) is 0 Å². The Labute approximate surface area is 102 Å². The molecule has 0 radical (unpaired) electrons. The van der Waals surface area contributed by atoms with Gasteiger partial charge in [0.1, 0.15) is 0 Å². The summed E-state index contributed by atoms with van der Waals surface area (Å²) in [5, 5.41) is 9.58. The normalized spacial score (nSPS) is 22.3. The average molecular weight is 246 g/mol. The highest BCUT2D eigenvalue weighted by Gasteiger charge is 2.34. The first-order chi connectivity index (χ1) is 7.18. The van der Waals surface area contributed by atoms with Crippen molar-refractivity contribution >= 4 is 23.5 Å². The number of rotatable bonds is 6. The third kappa shape index (κ3) is 4.83. The van der Waals surface area contributed by atoms with Gasteiger partial charge in [-0.2, -0.15) is 0 Å². The first-order valence-corrected chi connectivity index (χ1v) is 7.72. The van der Waals surface area contributed by atoms with Crippen molar-refractivity contribution in [1.82, 2.24) is 0 Å². The minimum Gasteiger partial charge on any atom is -0.393 e. The van der Waals surface area contributed by atoms with Crippen molar-refractivity contribution in [2.45, 2.75) is 49.2 Å². The van der Waals surface area contributed by atoms with Crippen LogP contribution in [0, 0.1) is 0 Å². The topological polar surface area (TPSA) is 20.2 Å². The third-order valence-electron chi connectivity index (χ3n) is 2.59. The summed E-state index contributed by atoms with van der Waals surface area (Å²) >= 11 is 4.12. The van der Waals surface area contributed by atoms with Gasteiger partial charge < -0.3 is 5.11 Å².